The summed E-state index contributed by atoms with van der Waals surface area (Å²) in [4.78, 5) is 40.6. The fourth-order valence-electron chi connectivity index (χ4n) is 5.94. The van der Waals surface area contributed by atoms with Gasteiger partial charge in [0.1, 0.15) is 11.4 Å². The van der Waals surface area contributed by atoms with Crippen LogP contribution >= 0.6 is 11.6 Å². The van der Waals surface area contributed by atoms with Gasteiger partial charge >= 0.3 is 6.18 Å². The van der Waals surface area contributed by atoms with Crippen LogP contribution < -0.4 is 15.6 Å². The minimum atomic E-state index is -4.70. The van der Waals surface area contributed by atoms with Crippen molar-refractivity contribution in [1.29, 1.82) is 0 Å². The van der Waals surface area contributed by atoms with Crippen molar-refractivity contribution in [3.63, 3.8) is 0 Å². The lowest BCUT2D eigenvalue weighted by Gasteiger charge is -2.22. The molecule has 0 saturated heterocycles. The highest BCUT2D eigenvalue weighted by molar-refractivity contribution is 6.31. The van der Waals surface area contributed by atoms with Gasteiger partial charge in [0.15, 0.2) is 5.69 Å². The van der Waals surface area contributed by atoms with Crippen molar-refractivity contribution in [2.24, 2.45) is 5.92 Å². The lowest BCUT2D eigenvalue weighted by atomic mass is 9.97. The summed E-state index contributed by atoms with van der Waals surface area (Å²) >= 11 is 6.27. The predicted molar refractivity (Wildman–Crippen MR) is 180 cm³/mol. The van der Waals surface area contributed by atoms with Gasteiger partial charge in [0.05, 0.1) is 54.6 Å². The smallest absolute Gasteiger partial charge is 0.436 e. The quantitative estimate of drug-likeness (QED) is 0.221. The number of rotatable bonds is 5. The molecule has 1 N–H and O–H groups in total. The molecule has 6 heterocycles. The molecule has 1 amide bonds. The molecule has 0 aliphatic carbocycles. The Kier molecular flexibility index (Phi) is 8.85. The van der Waals surface area contributed by atoms with Gasteiger partial charge in [0, 0.05) is 40.5 Å². The summed E-state index contributed by atoms with van der Waals surface area (Å²) in [5.74, 6) is -0.206. The third-order valence-corrected chi connectivity index (χ3v) is 8.79. The minimum absolute atomic E-state index is 0.166. The van der Waals surface area contributed by atoms with E-state index in [0.29, 0.717) is 53.5 Å². The first-order valence-electron chi connectivity index (χ1n) is 15.7. The Bertz CT molecular complexity index is 2320. The van der Waals surface area contributed by atoms with Gasteiger partial charge < -0.3 is 10.1 Å². The van der Waals surface area contributed by atoms with E-state index >= 15 is 0 Å². The van der Waals surface area contributed by atoms with E-state index in [1.165, 1.54) is 42.3 Å². The highest BCUT2D eigenvalue weighted by Gasteiger charge is 2.35. The summed E-state index contributed by atoms with van der Waals surface area (Å²) in [6.45, 7) is 1.83. The second-order valence-electron chi connectivity index (χ2n) is 11.9. The van der Waals surface area contributed by atoms with E-state index in [4.69, 9.17) is 21.4 Å². The molecular formula is C34H28ClF3N10O3. The van der Waals surface area contributed by atoms with Crippen LogP contribution in [0.4, 0.5) is 18.9 Å². The number of nitrogens with one attached hydrogen (secondary N) is 1. The lowest BCUT2D eigenvalue weighted by Crippen LogP contribution is -2.27. The zero-order valence-corrected chi connectivity index (χ0v) is 27.8. The second-order valence-corrected chi connectivity index (χ2v) is 12.3. The Balaban J connectivity index is 1.30. The first-order chi connectivity index (χ1) is 24.5. The number of ether oxygens (including phenoxy) is 1. The van der Waals surface area contributed by atoms with Gasteiger partial charge in [-0.15, -0.1) is 5.10 Å². The molecule has 0 radical (unpaired) electrons. The van der Waals surface area contributed by atoms with Crippen LogP contribution in [0.3, 0.4) is 0 Å². The summed E-state index contributed by atoms with van der Waals surface area (Å²) < 4.78 is 49.3. The Hall–Kier alpha value is -5.90. The third-order valence-electron chi connectivity index (χ3n) is 8.56. The molecule has 13 nitrogen and oxygen atoms in total. The average molecular weight is 717 g/mol. The maximum absolute atomic E-state index is 13.9. The number of hydrogen-bond donors (Lipinski definition) is 1. The van der Waals surface area contributed by atoms with Crippen LogP contribution in [0.5, 0.6) is 5.88 Å². The number of hydrogen-bond acceptors (Lipinski definition) is 9. The van der Waals surface area contributed by atoms with Crippen LogP contribution in [0.1, 0.15) is 43.6 Å². The average Bonchev–Trinajstić information content (AvgIpc) is 3.78. The monoisotopic (exact) mass is 716 g/mol. The van der Waals surface area contributed by atoms with Gasteiger partial charge in [-0.3, -0.25) is 19.1 Å². The highest BCUT2D eigenvalue weighted by Crippen LogP contribution is 2.35. The molecule has 0 unspecified atom stereocenters. The van der Waals surface area contributed by atoms with Gasteiger partial charge in [-0.05, 0) is 55.3 Å². The number of amides is 1. The number of aromatic nitrogens is 9. The largest absolute Gasteiger partial charge is 0.479 e. The SMILES string of the molecule is COc1ncccc1-n1cc2c(n1)-c1ccnc(c1)[C@@H](n1cnc(-c3cc(Cl)ccc3-n3cc(C(F)(F)F)nn3)cc1=O)CCC[C@@H](C)C(=O)N2. The number of methoxy groups -OCH3 is 1. The summed E-state index contributed by atoms with van der Waals surface area (Å²) in [6, 6.07) is 12.3. The molecule has 1 aliphatic rings. The van der Waals surface area contributed by atoms with Gasteiger partial charge in [0.25, 0.3) is 5.56 Å². The minimum Gasteiger partial charge on any atom is -0.479 e. The molecule has 0 saturated carbocycles. The standard InChI is InChI=1S/C34H28ClF3N10O3/c1-19-5-3-6-27(24-13-20(10-12-39-24)31-25(42-32(19)50)16-47(44-31)28-7-4-11-40-33(28)51-2)46-18-41-23(15-30(46)49)22-14-21(35)8-9-26(22)48-17-29(43-45-48)34(36,37)38/h4,7-19,27H,3,5-6H2,1-2H3,(H,42,50)/t19-,27+/m1/s1. The lowest BCUT2D eigenvalue weighted by molar-refractivity contribution is -0.141. The normalized spacial score (nSPS) is 16.5. The van der Waals surface area contributed by atoms with Crippen LogP contribution in [0.2, 0.25) is 5.02 Å². The van der Waals surface area contributed by atoms with Crippen LogP contribution in [-0.2, 0) is 11.0 Å². The Morgan fingerprint density at radius 3 is 2.57 bits per heavy atom. The molecule has 0 fully saturated rings. The maximum atomic E-state index is 13.9. The molecule has 2 atom stereocenters. The van der Waals surface area contributed by atoms with Crippen molar-refractivity contribution >= 4 is 23.2 Å². The molecule has 1 aromatic carbocycles. The zero-order chi connectivity index (χ0) is 35.9. The number of benzene rings is 1. The van der Waals surface area contributed by atoms with Crippen molar-refractivity contribution in [2.45, 2.75) is 38.4 Å². The first kappa shape index (κ1) is 33.6. The van der Waals surface area contributed by atoms with E-state index in [1.54, 1.807) is 41.5 Å². The van der Waals surface area contributed by atoms with Crippen molar-refractivity contribution in [1.82, 2.24) is 44.3 Å². The number of pyridine rings is 2. The van der Waals surface area contributed by atoms with Crippen LogP contribution in [0.25, 0.3) is 33.9 Å². The van der Waals surface area contributed by atoms with Crippen molar-refractivity contribution in [3.8, 4) is 39.8 Å². The number of alkyl halides is 3. The number of carbonyl (C=O) groups excluding carboxylic acids is 1. The van der Waals surface area contributed by atoms with Gasteiger partial charge in [0.2, 0.25) is 11.8 Å². The number of nitrogens with zero attached hydrogens (tertiary/aromatic N) is 9. The molecular weight excluding hydrogens is 689 g/mol. The van der Waals surface area contributed by atoms with Gasteiger partial charge in [-0.25, -0.2) is 19.3 Å². The molecule has 51 heavy (non-hydrogen) atoms. The number of anilines is 1. The molecule has 2 bridgehead atoms. The maximum Gasteiger partial charge on any atom is 0.436 e. The van der Waals surface area contributed by atoms with E-state index in [2.05, 4.69) is 30.6 Å². The molecule has 6 aromatic rings. The van der Waals surface area contributed by atoms with Crippen LogP contribution in [0, 0.1) is 5.92 Å². The summed E-state index contributed by atoms with van der Waals surface area (Å²) in [7, 11) is 1.51. The third kappa shape index (κ3) is 6.69. The number of fused-ring (bicyclic) bond motifs is 4. The van der Waals surface area contributed by atoms with Crippen molar-refractivity contribution < 1.29 is 22.7 Å². The topological polar surface area (TPSA) is 148 Å². The zero-order valence-electron chi connectivity index (χ0n) is 27.0. The molecule has 0 spiro atoms. The molecule has 17 heteroatoms. The van der Waals surface area contributed by atoms with Gasteiger partial charge in [-0.1, -0.05) is 30.2 Å². The fourth-order valence-corrected chi connectivity index (χ4v) is 6.12. The highest BCUT2D eigenvalue weighted by atomic mass is 35.5. The van der Waals surface area contributed by atoms with Crippen LogP contribution in [-0.4, -0.2) is 57.3 Å². The number of halogens is 4. The molecule has 5 aromatic heterocycles. The Morgan fingerprint density at radius 1 is 0.961 bits per heavy atom. The van der Waals surface area contributed by atoms with Crippen LogP contribution in [0.15, 0.2) is 84.4 Å². The summed E-state index contributed by atoms with van der Waals surface area (Å²) in [5, 5.41) is 15.0. The van der Waals surface area contributed by atoms with E-state index in [0.717, 1.165) is 10.9 Å². The Labute approximate surface area is 292 Å². The molecule has 1 aliphatic heterocycles. The fraction of sp³-hybridized carbons (Fsp3) is 0.235. The van der Waals surface area contributed by atoms with E-state index in [1.807, 2.05) is 13.0 Å². The molecule has 7 rings (SSSR count). The number of carbonyl (C=O) groups is 1. The second kappa shape index (κ2) is 13.4. The predicted octanol–water partition coefficient (Wildman–Crippen LogP) is 6.16. The van der Waals surface area contributed by atoms with E-state index in [9.17, 15) is 22.8 Å². The van der Waals surface area contributed by atoms with E-state index < -0.39 is 23.5 Å². The van der Waals surface area contributed by atoms with Gasteiger partial charge in [-0.2, -0.15) is 18.3 Å². The first-order valence-corrected chi connectivity index (χ1v) is 16.1. The summed E-state index contributed by atoms with van der Waals surface area (Å²) in [6.07, 6.45) is 3.88. The van der Waals surface area contributed by atoms with Crippen molar-refractivity contribution in [2.75, 3.05) is 12.4 Å². The Morgan fingerprint density at radius 2 is 1.80 bits per heavy atom. The van der Waals surface area contributed by atoms with Crippen molar-refractivity contribution in [3.05, 3.63) is 106 Å². The summed E-state index contributed by atoms with van der Waals surface area (Å²) in [5.41, 5.74) is 1.74. The van der Waals surface area contributed by atoms with E-state index in [-0.39, 0.29) is 33.8 Å². The molecule has 260 valence electrons.